The maximum atomic E-state index is 12.6. The molecule has 9 nitrogen and oxygen atoms in total. The Morgan fingerprint density at radius 3 is 2.53 bits per heavy atom. The van der Waals surface area contributed by atoms with Gasteiger partial charge in [0, 0.05) is 18.4 Å². The van der Waals surface area contributed by atoms with Gasteiger partial charge in [0.1, 0.15) is 17.8 Å². The van der Waals surface area contributed by atoms with Crippen LogP contribution in [-0.4, -0.2) is 48.1 Å². The summed E-state index contributed by atoms with van der Waals surface area (Å²) in [5.74, 6) is 0.489. The van der Waals surface area contributed by atoms with E-state index in [9.17, 15) is 13.2 Å². The van der Waals surface area contributed by atoms with Crippen LogP contribution in [0.4, 0.5) is 24.5 Å². The van der Waals surface area contributed by atoms with Crippen LogP contribution in [0.3, 0.4) is 0 Å². The van der Waals surface area contributed by atoms with Crippen molar-refractivity contribution in [2.75, 3.05) is 11.9 Å². The summed E-state index contributed by atoms with van der Waals surface area (Å²) in [7, 11) is 0. The molecule has 0 aliphatic heterocycles. The van der Waals surface area contributed by atoms with Gasteiger partial charge in [0.2, 0.25) is 0 Å². The first-order valence-electron chi connectivity index (χ1n) is 11.6. The number of aromatic nitrogens is 6. The number of imidazole rings is 1. The molecule has 1 aliphatic carbocycles. The van der Waals surface area contributed by atoms with E-state index in [0.29, 0.717) is 37.2 Å². The summed E-state index contributed by atoms with van der Waals surface area (Å²) >= 11 is 0. The lowest BCUT2D eigenvalue weighted by molar-refractivity contribution is -0.126. The lowest BCUT2D eigenvalue weighted by Gasteiger charge is -2.36. The second-order valence-electron chi connectivity index (χ2n) is 9.19. The molecule has 4 aromatic heterocycles. The molecule has 1 fully saturated rings. The minimum Gasteiger partial charge on any atom is -0.352 e. The number of hydrogen-bond donors (Lipinski definition) is 3. The van der Waals surface area contributed by atoms with E-state index in [1.54, 1.807) is 24.8 Å². The number of rotatable bonds is 6. The van der Waals surface area contributed by atoms with Crippen LogP contribution in [0.15, 0.2) is 49.4 Å². The standard InChI is InChI=1S/C24H26F3N9/c1-15-8-32-22(23(28)6-4-16(5-7-23)33-13-24(25,26)27)35-21(15)19-11-31-20-3-2-17(12-36(19)20)34-18-9-29-14-30-10-18/h2-3,8-12,14,16,33-34H,4-7,13,28H2,1H3. The molecule has 4 heterocycles. The molecule has 0 bridgehead atoms. The van der Waals surface area contributed by atoms with Crippen molar-refractivity contribution >= 4 is 17.0 Å². The zero-order chi connectivity index (χ0) is 25.3. The number of hydrogen-bond acceptors (Lipinski definition) is 8. The lowest BCUT2D eigenvalue weighted by atomic mass is 9.79. The maximum Gasteiger partial charge on any atom is 0.401 e. The molecule has 0 unspecified atom stereocenters. The Kier molecular flexibility index (Phi) is 6.31. The highest BCUT2D eigenvalue weighted by molar-refractivity contribution is 5.66. The minimum atomic E-state index is -4.23. The van der Waals surface area contributed by atoms with Crippen molar-refractivity contribution in [3.8, 4) is 11.4 Å². The van der Waals surface area contributed by atoms with Crippen LogP contribution in [0.5, 0.6) is 0 Å². The first kappa shape index (κ1) is 24.1. The van der Waals surface area contributed by atoms with E-state index in [-0.39, 0.29) is 6.04 Å². The number of nitrogens with zero attached hydrogens (tertiary/aromatic N) is 6. The molecule has 1 saturated carbocycles. The van der Waals surface area contributed by atoms with Crippen molar-refractivity contribution in [1.29, 1.82) is 0 Å². The van der Waals surface area contributed by atoms with Crippen LogP contribution in [0.2, 0.25) is 0 Å². The third kappa shape index (κ3) is 5.14. The molecule has 12 heteroatoms. The van der Waals surface area contributed by atoms with E-state index in [1.807, 2.05) is 29.7 Å². The topological polar surface area (TPSA) is 119 Å². The number of pyridine rings is 1. The number of halogens is 3. The van der Waals surface area contributed by atoms with E-state index >= 15 is 0 Å². The van der Waals surface area contributed by atoms with Gasteiger partial charge in [0.05, 0.1) is 53.4 Å². The fraction of sp³-hybridized carbons (Fsp3) is 0.375. The minimum absolute atomic E-state index is 0.229. The Morgan fingerprint density at radius 2 is 1.81 bits per heavy atom. The molecule has 0 amide bonds. The third-order valence-corrected chi connectivity index (χ3v) is 6.48. The van der Waals surface area contributed by atoms with Crippen LogP contribution in [0.25, 0.3) is 17.0 Å². The molecule has 188 valence electrons. The molecule has 36 heavy (non-hydrogen) atoms. The first-order valence-corrected chi connectivity index (χ1v) is 11.6. The Labute approximate surface area is 205 Å². The van der Waals surface area contributed by atoms with Crippen LogP contribution in [0, 0.1) is 6.92 Å². The Balaban J connectivity index is 1.40. The second kappa shape index (κ2) is 9.43. The summed E-state index contributed by atoms with van der Waals surface area (Å²) in [6.45, 7) is 0.923. The van der Waals surface area contributed by atoms with E-state index in [1.165, 1.54) is 6.33 Å². The fourth-order valence-corrected chi connectivity index (χ4v) is 4.52. The van der Waals surface area contributed by atoms with Crippen molar-refractivity contribution in [2.45, 2.75) is 50.4 Å². The number of nitrogens with two attached hydrogens (primary N) is 1. The van der Waals surface area contributed by atoms with Gasteiger partial charge in [-0.2, -0.15) is 13.2 Å². The van der Waals surface area contributed by atoms with E-state index < -0.39 is 18.3 Å². The van der Waals surface area contributed by atoms with Gasteiger partial charge in [0.25, 0.3) is 0 Å². The van der Waals surface area contributed by atoms with E-state index in [0.717, 1.165) is 28.3 Å². The Bertz CT molecular complexity index is 1350. The average Bonchev–Trinajstić information content (AvgIpc) is 3.27. The van der Waals surface area contributed by atoms with Crippen molar-refractivity contribution in [3.63, 3.8) is 0 Å². The lowest BCUT2D eigenvalue weighted by Crippen LogP contribution is -2.47. The highest BCUT2D eigenvalue weighted by Gasteiger charge is 2.37. The molecule has 4 N–H and O–H groups in total. The monoisotopic (exact) mass is 497 g/mol. The smallest absolute Gasteiger partial charge is 0.352 e. The highest BCUT2D eigenvalue weighted by atomic mass is 19.4. The summed E-state index contributed by atoms with van der Waals surface area (Å²) in [6, 6.07) is 3.58. The van der Waals surface area contributed by atoms with Crippen molar-refractivity contribution < 1.29 is 13.2 Å². The summed E-state index contributed by atoms with van der Waals surface area (Å²) in [6.07, 6.45) is 8.03. The zero-order valence-corrected chi connectivity index (χ0v) is 19.6. The zero-order valence-electron chi connectivity index (χ0n) is 19.6. The predicted molar refractivity (Wildman–Crippen MR) is 128 cm³/mol. The summed E-state index contributed by atoms with van der Waals surface area (Å²) in [4.78, 5) is 21.9. The number of anilines is 2. The SMILES string of the molecule is Cc1cnc(C2(N)CCC(NCC(F)(F)F)CC2)nc1-c1cnc2ccc(Nc3cncnc3)cn12. The van der Waals surface area contributed by atoms with Gasteiger partial charge in [-0.3, -0.25) is 4.40 Å². The number of alkyl halides is 3. The molecule has 0 radical (unpaired) electrons. The van der Waals surface area contributed by atoms with Gasteiger partial charge in [-0.25, -0.2) is 24.9 Å². The van der Waals surface area contributed by atoms with Crippen molar-refractivity contribution in [2.24, 2.45) is 5.73 Å². The molecule has 0 saturated heterocycles. The molecule has 5 rings (SSSR count). The van der Waals surface area contributed by atoms with Gasteiger partial charge >= 0.3 is 6.18 Å². The first-order chi connectivity index (χ1) is 17.2. The molecule has 0 atom stereocenters. The van der Waals surface area contributed by atoms with Gasteiger partial charge in [-0.15, -0.1) is 0 Å². The maximum absolute atomic E-state index is 12.6. The molecular weight excluding hydrogens is 471 g/mol. The summed E-state index contributed by atoms with van der Waals surface area (Å²) in [5, 5.41) is 5.86. The highest BCUT2D eigenvalue weighted by Crippen LogP contribution is 2.35. The quantitative estimate of drug-likeness (QED) is 0.367. The summed E-state index contributed by atoms with van der Waals surface area (Å²) in [5.41, 5.74) is 10.6. The van der Waals surface area contributed by atoms with Crippen LogP contribution in [-0.2, 0) is 5.54 Å². The van der Waals surface area contributed by atoms with Crippen LogP contribution in [0.1, 0.15) is 37.1 Å². The van der Waals surface area contributed by atoms with Gasteiger partial charge in [-0.1, -0.05) is 0 Å². The number of nitrogens with one attached hydrogen (secondary N) is 2. The van der Waals surface area contributed by atoms with E-state index in [2.05, 4.69) is 30.6 Å². The third-order valence-electron chi connectivity index (χ3n) is 6.48. The average molecular weight is 498 g/mol. The Hall–Kier alpha value is -3.64. The number of aryl methyl sites for hydroxylation is 1. The molecule has 0 aromatic carbocycles. The normalized spacial score (nSPS) is 20.5. The Morgan fingerprint density at radius 1 is 1.06 bits per heavy atom. The fourth-order valence-electron chi connectivity index (χ4n) is 4.52. The van der Waals surface area contributed by atoms with E-state index in [4.69, 9.17) is 10.7 Å². The van der Waals surface area contributed by atoms with Gasteiger partial charge in [0.15, 0.2) is 0 Å². The number of fused-ring (bicyclic) bond motifs is 1. The van der Waals surface area contributed by atoms with Gasteiger partial charge in [-0.05, 0) is 50.3 Å². The van der Waals surface area contributed by atoms with Crippen LogP contribution >= 0.6 is 0 Å². The van der Waals surface area contributed by atoms with Gasteiger partial charge < -0.3 is 16.4 Å². The van der Waals surface area contributed by atoms with Crippen LogP contribution < -0.4 is 16.4 Å². The molecule has 1 aliphatic rings. The largest absolute Gasteiger partial charge is 0.401 e. The summed E-state index contributed by atoms with van der Waals surface area (Å²) < 4.78 is 39.6. The molecular formula is C24H26F3N9. The molecule has 0 spiro atoms. The van der Waals surface area contributed by atoms with Crippen molar-refractivity contribution in [3.05, 3.63) is 60.8 Å². The second-order valence-corrected chi connectivity index (χ2v) is 9.19. The predicted octanol–water partition coefficient (Wildman–Crippen LogP) is 3.88. The molecule has 4 aromatic rings. The van der Waals surface area contributed by atoms with Crippen molar-refractivity contribution in [1.82, 2.24) is 34.6 Å².